The molecule has 322 valence electrons. The van der Waals surface area contributed by atoms with Crippen molar-refractivity contribution in [1.29, 1.82) is 0 Å². The van der Waals surface area contributed by atoms with Gasteiger partial charge in [0.05, 0.1) is 46.7 Å². The van der Waals surface area contributed by atoms with E-state index < -0.39 is 23.0 Å². The van der Waals surface area contributed by atoms with Gasteiger partial charge in [-0.2, -0.15) is 0 Å². The number of esters is 1. The van der Waals surface area contributed by atoms with Crippen LogP contribution >= 0.6 is 11.3 Å². The highest BCUT2D eigenvalue weighted by atomic mass is 32.1. The summed E-state index contributed by atoms with van der Waals surface area (Å²) in [5.74, 6) is -1.46. The molecule has 4 aliphatic rings. The fourth-order valence-electron chi connectivity index (χ4n) is 9.14. The zero-order valence-electron chi connectivity index (χ0n) is 36.0. The predicted molar refractivity (Wildman–Crippen MR) is 232 cm³/mol. The van der Waals surface area contributed by atoms with Crippen molar-refractivity contribution >= 4 is 45.7 Å². The third kappa shape index (κ3) is 8.31. The van der Waals surface area contributed by atoms with Crippen molar-refractivity contribution in [3.05, 3.63) is 52.1 Å². The number of likely N-dealkylation sites (N-methyl/N-ethyl adjacent to an activating group) is 1. The van der Waals surface area contributed by atoms with E-state index in [1.165, 1.54) is 16.3 Å². The Balaban J connectivity index is 1.26. The highest BCUT2D eigenvalue weighted by Crippen LogP contribution is 2.43. The van der Waals surface area contributed by atoms with Crippen molar-refractivity contribution in [3.8, 4) is 22.5 Å². The van der Waals surface area contributed by atoms with E-state index in [9.17, 15) is 19.5 Å². The molecule has 3 aromatic heterocycles. The van der Waals surface area contributed by atoms with Crippen LogP contribution in [0.4, 0.5) is 5.69 Å². The molecule has 4 aromatic rings. The first-order chi connectivity index (χ1) is 28.7. The van der Waals surface area contributed by atoms with Crippen molar-refractivity contribution in [2.24, 2.45) is 17.3 Å². The van der Waals surface area contributed by atoms with Crippen LogP contribution in [-0.4, -0.2) is 119 Å². The summed E-state index contributed by atoms with van der Waals surface area (Å²) in [7, 11) is 3.88. The van der Waals surface area contributed by atoms with Crippen LogP contribution in [0.15, 0.2) is 35.8 Å². The monoisotopic (exact) mass is 840 g/mol. The molecular formula is C45H60N8O6S. The van der Waals surface area contributed by atoms with E-state index in [1.54, 1.807) is 14.0 Å². The van der Waals surface area contributed by atoms with Gasteiger partial charge in [-0.1, -0.05) is 19.9 Å². The summed E-state index contributed by atoms with van der Waals surface area (Å²) in [6.45, 7) is 15.2. The first-order valence-corrected chi connectivity index (χ1v) is 22.3. The maximum absolute atomic E-state index is 14.3. The van der Waals surface area contributed by atoms with Crippen LogP contribution in [-0.2, 0) is 43.2 Å². The Morgan fingerprint density at radius 3 is 2.65 bits per heavy atom. The summed E-state index contributed by atoms with van der Waals surface area (Å²) in [5.41, 5.74) is 9.55. The highest BCUT2D eigenvalue weighted by molar-refractivity contribution is 7.10. The summed E-state index contributed by atoms with van der Waals surface area (Å²) in [6.07, 6.45) is 4.14. The maximum atomic E-state index is 14.3. The van der Waals surface area contributed by atoms with E-state index in [0.717, 1.165) is 76.5 Å². The number of fused-ring (bicyclic) bond motifs is 6. The van der Waals surface area contributed by atoms with Crippen LogP contribution < -0.4 is 15.6 Å². The number of pyridine rings is 1. The van der Waals surface area contributed by atoms with Gasteiger partial charge in [0.15, 0.2) is 0 Å². The van der Waals surface area contributed by atoms with E-state index in [0.29, 0.717) is 43.8 Å². The van der Waals surface area contributed by atoms with E-state index in [4.69, 9.17) is 19.4 Å². The molecule has 2 amide bonds. The van der Waals surface area contributed by atoms with Gasteiger partial charge in [-0.25, -0.2) is 15.2 Å². The second-order valence-corrected chi connectivity index (χ2v) is 19.2. The number of hydrogen-bond acceptors (Lipinski definition) is 12. The highest BCUT2D eigenvalue weighted by Gasteiger charge is 2.46. The number of carbonyl (C=O) groups excluding carboxylic acids is 3. The zero-order chi connectivity index (χ0) is 42.5. The summed E-state index contributed by atoms with van der Waals surface area (Å²) in [5, 5.41) is 17.9. The number of ether oxygens (including phenoxy) is 2. The van der Waals surface area contributed by atoms with Crippen LogP contribution in [0.3, 0.4) is 0 Å². The van der Waals surface area contributed by atoms with Crippen LogP contribution in [0.2, 0.25) is 0 Å². The largest absolute Gasteiger partial charge is 0.464 e. The Morgan fingerprint density at radius 1 is 1.15 bits per heavy atom. The number of thiazole rings is 1. The van der Waals surface area contributed by atoms with Crippen molar-refractivity contribution in [2.45, 2.75) is 91.0 Å². The molecule has 15 heteroatoms. The van der Waals surface area contributed by atoms with Crippen LogP contribution in [0, 0.1) is 17.3 Å². The molecule has 5 atom stereocenters. The first kappa shape index (κ1) is 42.3. The number of nitrogens with one attached hydrogen (secondary N) is 2. The van der Waals surface area contributed by atoms with Crippen molar-refractivity contribution in [1.82, 2.24) is 35.2 Å². The number of anilines is 1. The molecule has 60 heavy (non-hydrogen) atoms. The molecule has 3 fully saturated rings. The van der Waals surface area contributed by atoms with Crippen LogP contribution in [0.25, 0.3) is 33.4 Å². The standard InChI is InChI=1S/C45H60N8O6S/c1-8-52-37-11-10-28-18-32(37)34(40(52)33-20-30(23-46-39(33)27(2)58-7)51-16-14-50(6)15-17-51)22-44(3,4)26-59-43(57)45(5)12-9-13-53(49-45)42(56)35(21-38-47-36(28)25-60-38)48-41(55)31-19-29(31)24-54/h10-11,18,20,23,25,27,29,31,35,49,54H,8-9,12-17,19,21-22,24,26H2,1-7H3,(H,48,55)/t27-,29-,31+,35-,45+/m0/s1. The van der Waals surface area contributed by atoms with Crippen molar-refractivity contribution in [3.63, 3.8) is 0 Å². The van der Waals surface area contributed by atoms with Crippen LogP contribution in [0.5, 0.6) is 0 Å². The molecule has 1 aromatic carbocycles. The number of benzene rings is 1. The van der Waals surface area contributed by atoms with Gasteiger partial charge in [0.1, 0.15) is 11.6 Å². The average molecular weight is 841 g/mol. The number of nitrogens with zero attached hydrogens (tertiary/aromatic N) is 6. The van der Waals surface area contributed by atoms with Gasteiger partial charge >= 0.3 is 5.97 Å². The van der Waals surface area contributed by atoms with Gasteiger partial charge in [-0.15, -0.1) is 11.3 Å². The second-order valence-electron chi connectivity index (χ2n) is 18.2. The fourth-order valence-corrected chi connectivity index (χ4v) is 9.99. The van der Waals surface area contributed by atoms with E-state index in [1.807, 2.05) is 18.5 Å². The number of cyclic esters (lactones) is 1. The Bertz CT molecular complexity index is 2260. The Morgan fingerprint density at radius 2 is 1.93 bits per heavy atom. The molecule has 6 bridgehead atoms. The normalized spacial score (nSPS) is 25.5. The lowest BCUT2D eigenvalue weighted by Gasteiger charge is -2.41. The average Bonchev–Trinajstić information content (AvgIpc) is 3.80. The lowest BCUT2D eigenvalue weighted by Crippen LogP contribution is -2.65. The van der Waals surface area contributed by atoms with Gasteiger partial charge < -0.3 is 34.3 Å². The number of aliphatic hydroxyl groups excluding tert-OH is 1. The minimum absolute atomic E-state index is 0.0694. The van der Waals surface area contributed by atoms with Gasteiger partial charge in [0, 0.05) is 98.1 Å². The molecule has 1 aliphatic carbocycles. The molecule has 0 spiro atoms. The van der Waals surface area contributed by atoms with Crippen molar-refractivity contribution in [2.75, 3.05) is 65.0 Å². The van der Waals surface area contributed by atoms with Gasteiger partial charge in [-0.05, 0) is 83.2 Å². The Kier molecular flexibility index (Phi) is 11.8. The third-order valence-electron chi connectivity index (χ3n) is 13.0. The number of aliphatic hydroxyl groups is 1. The number of piperazine rings is 1. The number of amides is 2. The number of rotatable bonds is 8. The predicted octanol–water partition coefficient (Wildman–Crippen LogP) is 4.97. The van der Waals surface area contributed by atoms with Crippen LogP contribution in [0.1, 0.15) is 76.3 Å². The number of hydrogen-bond donors (Lipinski definition) is 3. The number of aryl methyl sites for hydroxylation is 1. The smallest absolute Gasteiger partial charge is 0.327 e. The Labute approximate surface area is 356 Å². The number of aromatic nitrogens is 3. The maximum Gasteiger partial charge on any atom is 0.327 e. The number of hydrazine groups is 1. The number of methoxy groups -OCH3 is 1. The molecule has 6 heterocycles. The minimum atomic E-state index is -1.16. The summed E-state index contributed by atoms with van der Waals surface area (Å²) >= 11 is 1.46. The molecule has 0 radical (unpaired) electrons. The number of carbonyl (C=O) groups is 3. The van der Waals surface area contributed by atoms with Gasteiger partial charge in [0.2, 0.25) is 5.91 Å². The lowest BCUT2D eigenvalue weighted by atomic mass is 9.84. The first-order valence-electron chi connectivity index (χ1n) is 21.5. The molecule has 1 saturated carbocycles. The second kappa shape index (κ2) is 16.8. The summed E-state index contributed by atoms with van der Waals surface area (Å²) in [4.78, 5) is 56.7. The minimum Gasteiger partial charge on any atom is -0.464 e. The molecular weight excluding hydrogens is 781 g/mol. The van der Waals surface area contributed by atoms with E-state index in [-0.39, 0.29) is 49.4 Å². The van der Waals surface area contributed by atoms with Crippen molar-refractivity contribution < 1.29 is 29.0 Å². The molecule has 8 rings (SSSR count). The summed E-state index contributed by atoms with van der Waals surface area (Å²) < 4.78 is 14.6. The van der Waals surface area contributed by atoms with E-state index in [2.05, 4.69) is 77.2 Å². The topological polar surface area (TPSA) is 154 Å². The Hall–Kier alpha value is -4.41. The van der Waals surface area contributed by atoms with Gasteiger partial charge in [0.25, 0.3) is 5.91 Å². The molecule has 0 unspecified atom stereocenters. The van der Waals surface area contributed by atoms with Gasteiger partial charge in [-0.3, -0.25) is 19.6 Å². The quantitative estimate of drug-likeness (QED) is 0.206. The molecule has 14 nitrogen and oxygen atoms in total. The molecule has 2 saturated heterocycles. The third-order valence-corrected chi connectivity index (χ3v) is 13.9. The fraction of sp³-hybridized carbons (Fsp3) is 0.578. The lowest BCUT2D eigenvalue weighted by molar-refractivity contribution is -0.162. The zero-order valence-corrected chi connectivity index (χ0v) is 36.9. The summed E-state index contributed by atoms with van der Waals surface area (Å²) in [6, 6.07) is 7.86. The molecule has 3 aliphatic heterocycles. The molecule has 3 N–H and O–H groups in total. The SMILES string of the molecule is CCn1c(-c2cc(N3CCN(C)CC3)cnc2[C@H](C)OC)c2c3cc(ccc31)-c1csc(n1)C[C@H](NC(=O)[C@@H]1C[C@H]1CO)C(=O)N1CCC[C@@](C)(N1)C(=O)OCC(C)(C)C2. The van der Waals surface area contributed by atoms with E-state index >= 15 is 0 Å².